The normalized spacial score (nSPS) is 16.2. The molecular weight excluding hydrogens is 234 g/mol. The van der Waals surface area contributed by atoms with Gasteiger partial charge in [0.1, 0.15) is 0 Å². The molecule has 0 bridgehead atoms. The summed E-state index contributed by atoms with van der Waals surface area (Å²) in [6.07, 6.45) is 2.48. The zero-order chi connectivity index (χ0) is 13.7. The van der Waals surface area contributed by atoms with Gasteiger partial charge in [-0.3, -0.25) is 0 Å². The maximum atomic E-state index is 11.8. The Balaban J connectivity index is 4.45. The van der Waals surface area contributed by atoms with Gasteiger partial charge >= 0.3 is 0 Å². The molecular formula is C13H27NO2S. The average molecular weight is 261 g/mol. The highest BCUT2D eigenvalue weighted by molar-refractivity contribution is 7.91. The SMILES string of the molecule is C=CC(C)(CCS(=O)(=O)C(C)C)CNC(C)C. The molecule has 1 N–H and O–H groups in total. The molecule has 0 spiro atoms. The first-order chi connectivity index (χ1) is 7.63. The van der Waals surface area contributed by atoms with Crippen molar-refractivity contribution in [1.29, 1.82) is 0 Å². The molecule has 102 valence electrons. The van der Waals surface area contributed by atoms with Gasteiger partial charge in [-0.1, -0.05) is 26.8 Å². The van der Waals surface area contributed by atoms with Crippen LogP contribution in [-0.2, 0) is 9.84 Å². The minimum Gasteiger partial charge on any atom is -0.314 e. The Morgan fingerprint density at radius 2 is 1.82 bits per heavy atom. The minimum atomic E-state index is -2.96. The van der Waals surface area contributed by atoms with Gasteiger partial charge in [-0.25, -0.2) is 8.42 Å². The molecule has 0 radical (unpaired) electrons. The van der Waals surface area contributed by atoms with Crippen molar-refractivity contribution >= 4 is 9.84 Å². The second-order valence-electron chi connectivity index (χ2n) is 5.56. The largest absolute Gasteiger partial charge is 0.314 e. The molecule has 4 heteroatoms. The van der Waals surface area contributed by atoms with Gasteiger partial charge in [-0.15, -0.1) is 6.58 Å². The van der Waals surface area contributed by atoms with Gasteiger partial charge in [-0.05, 0) is 25.7 Å². The van der Waals surface area contributed by atoms with E-state index in [1.54, 1.807) is 13.8 Å². The fourth-order valence-corrected chi connectivity index (χ4v) is 2.53. The van der Waals surface area contributed by atoms with Crippen LogP contribution in [0.5, 0.6) is 0 Å². The maximum absolute atomic E-state index is 11.8. The average Bonchev–Trinajstić information content (AvgIpc) is 2.23. The quantitative estimate of drug-likeness (QED) is 0.682. The second kappa shape index (κ2) is 6.55. The lowest BCUT2D eigenvalue weighted by molar-refractivity contribution is 0.364. The lowest BCUT2D eigenvalue weighted by Gasteiger charge is -2.27. The Morgan fingerprint density at radius 1 is 1.29 bits per heavy atom. The predicted octanol–water partition coefficient (Wildman–Crippen LogP) is 2.39. The van der Waals surface area contributed by atoms with Crippen molar-refractivity contribution in [1.82, 2.24) is 5.32 Å². The van der Waals surface area contributed by atoms with E-state index in [0.29, 0.717) is 12.5 Å². The molecule has 1 unspecified atom stereocenters. The predicted molar refractivity (Wildman–Crippen MR) is 75.0 cm³/mol. The summed E-state index contributed by atoms with van der Waals surface area (Å²) in [5, 5.41) is 3.04. The first kappa shape index (κ1) is 16.6. The van der Waals surface area contributed by atoms with E-state index in [1.165, 1.54) is 0 Å². The Morgan fingerprint density at radius 3 is 2.18 bits per heavy atom. The maximum Gasteiger partial charge on any atom is 0.152 e. The molecule has 0 aliphatic rings. The van der Waals surface area contributed by atoms with Gasteiger partial charge in [0.25, 0.3) is 0 Å². The van der Waals surface area contributed by atoms with E-state index in [0.717, 1.165) is 6.54 Å². The van der Waals surface area contributed by atoms with Crippen molar-refractivity contribution in [2.45, 2.75) is 52.3 Å². The Kier molecular flexibility index (Phi) is 6.41. The lowest BCUT2D eigenvalue weighted by atomic mass is 9.87. The Bertz CT molecular complexity index is 333. The summed E-state index contributed by atoms with van der Waals surface area (Å²) >= 11 is 0. The van der Waals surface area contributed by atoms with Gasteiger partial charge in [-0.2, -0.15) is 0 Å². The van der Waals surface area contributed by atoms with Crippen LogP contribution < -0.4 is 5.32 Å². The van der Waals surface area contributed by atoms with Crippen LogP contribution in [0.4, 0.5) is 0 Å². The van der Waals surface area contributed by atoms with E-state index < -0.39 is 9.84 Å². The van der Waals surface area contributed by atoms with E-state index in [-0.39, 0.29) is 16.4 Å². The third kappa shape index (κ3) is 6.22. The second-order valence-corrected chi connectivity index (χ2v) is 8.24. The summed E-state index contributed by atoms with van der Waals surface area (Å²) in [6.45, 7) is 14.2. The topological polar surface area (TPSA) is 46.2 Å². The van der Waals surface area contributed by atoms with E-state index in [4.69, 9.17) is 0 Å². The monoisotopic (exact) mass is 261 g/mol. The fraction of sp³-hybridized carbons (Fsp3) is 0.846. The Labute approximate surface area is 107 Å². The fourth-order valence-electron chi connectivity index (χ4n) is 1.31. The molecule has 0 aliphatic heterocycles. The van der Waals surface area contributed by atoms with Crippen LogP contribution in [0.15, 0.2) is 12.7 Å². The molecule has 0 amide bonds. The van der Waals surface area contributed by atoms with Gasteiger partial charge in [0.05, 0.1) is 11.0 Å². The van der Waals surface area contributed by atoms with Crippen molar-refractivity contribution < 1.29 is 8.42 Å². The van der Waals surface area contributed by atoms with Crippen molar-refractivity contribution in [3.8, 4) is 0 Å². The van der Waals surface area contributed by atoms with Gasteiger partial charge in [0, 0.05) is 12.6 Å². The molecule has 0 heterocycles. The lowest BCUT2D eigenvalue weighted by Crippen LogP contribution is -2.36. The first-order valence-corrected chi connectivity index (χ1v) is 7.93. The summed E-state index contributed by atoms with van der Waals surface area (Å²) in [4.78, 5) is 0. The molecule has 17 heavy (non-hydrogen) atoms. The molecule has 0 aromatic heterocycles. The molecule has 3 nitrogen and oxygen atoms in total. The highest BCUT2D eigenvalue weighted by Crippen LogP contribution is 2.23. The van der Waals surface area contributed by atoms with Crippen molar-refractivity contribution in [2.24, 2.45) is 5.41 Å². The summed E-state index contributed by atoms with van der Waals surface area (Å²) in [5.74, 6) is 0.229. The van der Waals surface area contributed by atoms with Gasteiger partial charge in [0.15, 0.2) is 9.84 Å². The molecule has 0 aromatic rings. The third-order valence-electron chi connectivity index (χ3n) is 3.08. The first-order valence-electron chi connectivity index (χ1n) is 6.21. The summed E-state index contributed by atoms with van der Waals surface area (Å²) < 4.78 is 23.6. The van der Waals surface area contributed by atoms with Crippen LogP contribution in [-0.4, -0.2) is 32.0 Å². The Hall–Kier alpha value is -0.350. The summed E-state index contributed by atoms with van der Waals surface area (Å²) in [5.41, 5.74) is -0.160. The van der Waals surface area contributed by atoms with Crippen LogP contribution in [0.2, 0.25) is 0 Å². The third-order valence-corrected chi connectivity index (χ3v) is 5.29. The van der Waals surface area contributed by atoms with Crippen molar-refractivity contribution in [3.05, 3.63) is 12.7 Å². The molecule has 0 fully saturated rings. The number of hydrogen-bond acceptors (Lipinski definition) is 3. The van der Waals surface area contributed by atoms with E-state index in [2.05, 4.69) is 25.7 Å². The van der Waals surface area contributed by atoms with E-state index in [1.807, 2.05) is 13.0 Å². The van der Waals surface area contributed by atoms with Gasteiger partial charge in [0.2, 0.25) is 0 Å². The zero-order valence-electron chi connectivity index (χ0n) is 11.8. The van der Waals surface area contributed by atoms with E-state index in [9.17, 15) is 8.42 Å². The smallest absolute Gasteiger partial charge is 0.152 e. The summed E-state index contributed by atoms with van der Waals surface area (Å²) in [6, 6.07) is 0.399. The van der Waals surface area contributed by atoms with Crippen LogP contribution >= 0.6 is 0 Å². The van der Waals surface area contributed by atoms with Crippen LogP contribution in [0, 0.1) is 5.41 Å². The highest BCUT2D eigenvalue weighted by atomic mass is 32.2. The minimum absolute atomic E-state index is 0.160. The van der Waals surface area contributed by atoms with Crippen LogP contribution in [0.25, 0.3) is 0 Å². The highest BCUT2D eigenvalue weighted by Gasteiger charge is 2.25. The zero-order valence-corrected chi connectivity index (χ0v) is 12.6. The number of hydrogen-bond donors (Lipinski definition) is 1. The standard InChI is InChI=1S/C13H27NO2S/c1-7-13(6,10-14-11(2)3)8-9-17(15,16)12(4)5/h7,11-12,14H,1,8-10H2,2-6H3. The van der Waals surface area contributed by atoms with Crippen molar-refractivity contribution in [3.63, 3.8) is 0 Å². The molecule has 0 aromatic carbocycles. The van der Waals surface area contributed by atoms with E-state index >= 15 is 0 Å². The summed E-state index contributed by atoms with van der Waals surface area (Å²) in [7, 11) is -2.96. The molecule has 0 saturated carbocycles. The molecule has 0 saturated heterocycles. The van der Waals surface area contributed by atoms with Gasteiger partial charge < -0.3 is 5.32 Å². The number of rotatable bonds is 8. The van der Waals surface area contributed by atoms with Crippen LogP contribution in [0.1, 0.15) is 41.0 Å². The van der Waals surface area contributed by atoms with Crippen molar-refractivity contribution in [2.75, 3.05) is 12.3 Å². The molecule has 1 atom stereocenters. The molecule has 0 aliphatic carbocycles. The number of sulfone groups is 1. The van der Waals surface area contributed by atoms with Crippen LogP contribution in [0.3, 0.4) is 0 Å². The molecule has 0 rings (SSSR count). The number of nitrogens with one attached hydrogen (secondary N) is 1.